The van der Waals surface area contributed by atoms with Crippen LogP contribution >= 0.6 is 0 Å². The van der Waals surface area contributed by atoms with Crippen molar-refractivity contribution in [2.75, 3.05) is 19.6 Å². The summed E-state index contributed by atoms with van der Waals surface area (Å²) in [6, 6.07) is 0. The van der Waals surface area contributed by atoms with Gasteiger partial charge in [-0.15, -0.1) is 0 Å². The Labute approximate surface area is 107 Å². The topological polar surface area (TPSA) is 96.2 Å². The predicted octanol–water partition coefficient (Wildman–Crippen LogP) is -1.02. The third-order valence-electron chi connectivity index (χ3n) is 2.40. The third kappa shape index (κ3) is 4.37. The first-order valence-corrected chi connectivity index (χ1v) is 7.19. The van der Waals surface area contributed by atoms with E-state index in [1.54, 1.807) is 25.5 Å². The first kappa shape index (κ1) is 15.1. The van der Waals surface area contributed by atoms with Crippen LogP contribution < -0.4 is 10.0 Å². The van der Waals surface area contributed by atoms with E-state index in [9.17, 15) is 8.42 Å². The number of aliphatic hydroxyl groups excluding tert-OH is 1. The molecule has 1 aromatic rings. The molecule has 0 bridgehead atoms. The summed E-state index contributed by atoms with van der Waals surface area (Å²) in [7, 11) is -1.81. The Morgan fingerprint density at radius 3 is 2.67 bits per heavy atom. The lowest BCUT2D eigenvalue weighted by atomic mass is 10.4. The zero-order chi connectivity index (χ0) is 13.8. The second-order valence-corrected chi connectivity index (χ2v) is 5.90. The molecule has 3 N–H and O–H groups in total. The second-order valence-electron chi connectivity index (χ2n) is 4.19. The van der Waals surface area contributed by atoms with Gasteiger partial charge in [0.2, 0.25) is 0 Å². The number of imidazole rings is 1. The number of sulfonamides is 1. The van der Waals surface area contributed by atoms with Gasteiger partial charge < -0.3 is 15.0 Å². The van der Waals surface area contributed by atoms with Gasteiger partial charge in [-0.25, -0.2) is 18.1 Å². The molecule has 0 amide bonds. The number of aromatic nitrogens is 2. The lowest BCUT2D eigenvalue weighted by molar-refractivity contribution is 0.192. The standard InChI is InChI=1S/C10H20N4O3S/c1-8(15)6-11-4-5-12-18(16,17)10-7-14(3)9(2)13-10/h7-8,11-12,15H,4-6H2,1-3H3. The summed E-state index contributed by atoms with van der Waals surface area (Å²) in [4.78, 5) is 3.96. The van der Waals surface area contributed by atoms with Crippen LogP contribution in [0.3, 0.4) is 0 Å². The van der Waals surface area contributed by atoms with Crippen molar-refractivity contribution < 1.29 is 13.5 Å². The monoisotopic (exact) mass is 276 g/mol. The SMILES string of the molecule is Cc1nc(S(=O)(=O)NCCNCC(C)O)cn1C. The molecule has 1 heterocycles. The first-order valence-electron chi connectivity index (χ1n) is 5.71. The molecule has 0 spiro atoms. The normalized spacial score (nSPS) is 13.8. The minimum Gasteiger partial charge on any atom is -0.392 e. The summed E-state index contributed by atoms with van der Waals surface area (Å²) >= 11 is 0. The molecule has 8 heteroatoms. The molecule has 1 unspecified atom stereocenters. The number of hydrogen-bond acceptors (Lipinski definition) is 5. The predicted molar refractivity (Wildman–Crippen MR) is 67.7 cm³/mol. The molecule has 1 rings (SSSR count). The number of aliphatic hydroxyl groups is 1. The van der Waals surface area contributed by atoms with Crippen LogP contribution in [0, 0.1) is 6.92 Å². The van der Waals surface area contributed by atoms with Gasteiger partial charge in [0, 0.05) is 32.9 Å². The van der Waals surface area contributed by atoms with E-state index < -0.39 is 16.1 Å². The molecule has 0 aromatic carbocycles. The fourth-order valence-corrected chi connectivity index (χ4v) is 2.38. The first-order chi connectivity index (χ1) is 8.33. The molecule has 0 radical (unpaired) electrons. The van der Waals surface area contributed by atoms with Crippen molar-refractivity contribution in [3.63, 3.8) is 0 Å². The Morgan fingerprint density at radius 2 is 2.17 bits per heavy atom. The average Bonchev–Trinajstić information content (AvgIpc) is 2.59. The van der Waals surface area contributed by atoms with Crippen molar-refractivity contribution in [3.8, 4) is 0 Å². The van der Waals surface area contributed by atoms with Gasteiger partial charge in [-0.2, -0.15) is 0 Å². The zero-order valence-electron chi connectivity index (χ0n) is 10.8. The highest BCUT2D eigenvalue weighted by atomic mass is 32.2. The minimum absolute atomic E-state index is 0.0260. The summed E-state index contributed by atoms with van der Waals surface area (Å²) in [5.74, 6) is 0.641. The molecule has 104 valence electrons. The molecule has 1 atom stereocenters. The van der Waals surface area contributed by atoms with Gasteiger partial charge in [-0.3, -0.25) is 0 Å². The number of rotatable bonds is 7. The number of nitrogens with zero attached hydrogens (tertiary/aromatic N) is 2. The Balaban J connectivity index is 2.45. The molecule has 7 nitrogen and oxygen atoms in total. The van der Waals surface area contributed by atoms with Gasteiger partial charge in [0.25, 0.3) is 10.0 Å². The smallest absolute Gasteiger partial charge is 0.259 e. The second kappa shape index (κ2) is 6.28. The van der Waals surface area contributed by atoms with Crippen LogP contribution in [0.5, 0.6) is 0 Å². The molecule has 1 aromatic heterocycles. The Hall–Kier alpha value is -0.960. The highest BCUT2D eigenvalue weighted by Crippen LogP contribution is 2.06. The fraction of sp³-hybridized carbons (Fsp3) is 0.700. The largest absolute Gasteiger partial charge is 0.392 e. The maximum absolute atomic E-state index is 11.8. The maximum Gasteiger partial charge on any atom is 0.259 e. The lowest BCUT2D eigenvalue weighted by Crippen LogP contribution is -2.34. The molecular weight excluding hydrogens is 256 g/mol. The van der Waals surface area contributed by atoms with Crippen LogP contribution in [0.4, 0.5) is 0 Å². The van der Waals surface area contributed by atoms with Crippen molar-refractivity contribution >= 4 is 10.0 Å². The molecule has 0 aliphatic rings. The van der Waals surface area contributed by atoms with Crippen LogP contribution in [-0.2, 0) is 17.1 Å². The van der Waals surface area contributed by atoms with Gasteiger partial charge in [0.05, 0.1) is 6.10 Å². The van der Waals surface area contributed by atoms with Crippen LogP contribution in [0.25, 0.3) is 0 Å². The van der Waals surface area contributed by atoms with Gasteiger partial charge in [0.15, 0.2) is 5.03 Å². The van der Waals surface area contributed by atoms with E-state index in [1.165, 1.54) is 6.20 Å². The number of nitrogens with one attached hydrogen (secondary N) is 2. The van der Waals surface area contributed by atoms with Crippen molar-refractivity contribution in [2.45, 2.75) is 25.0 Å². The van der Waals surface area contributed by atoms with E-state index in [0.29, 0.717) is 18.9 Å². The van der Waals surface area contributed by atoms with E-state index in [0.717, 1.165) is 0 Å². The molecule has 0 saturated carbocycles. The van der Waals surface area contributed by atoms with Gasteiger partial charge in [0.1, 0.15) is 5.82 Å². The maximum atomic E-state index is 11.8. The number of aryl methyl sites for hydroxylation is 2. The highest BCUT2D eigenvalue weighted by molar-refractivity contribution is 7.89. The molecule has 0 fully saturated rings. The minimum atomic E-state index is -3.55. The Bertz CT molecular complexity index is 462. The summed E-state index contributed by atoms with van der Waals surface area (Å²) < 4.78 is 27.8. The van der Waals surface area contributed by atoms with Gasteiger partial charge >= 0.3 is 0 Å². The van der Waals surface area contributed by atoms with Crippen LogP contribution in [0.2, 0.25) is 0 Å². The van der Waals surface area contributed by atoms with E-state index in [1.807, 2.05) is 0 Å². The van der Waals surface area contributed by atoms with Crippen LogP contribution in [0.1, 0.15) is 12.7 Å². The van der Waals surface area contributed by atoms with E-state index in [-0.39, 0.29) is 11.6 Å². The fourth-order valence-electron chi connectivity index (χ4n) is 1.31. The Morgan fingerprint density at radius 1 is 1.50 bits per heavy atom. The highest BCUT2D eigenvalue weighted by Gasteiger charge is 2.17. The average molecular weight is 276 g/mol. The lowest BCUT2D eigenvalue weighted by Gasteiger charge is -2.07. The molecule has 0 aliphatic heterocycles. The van der Waals surface area contributed by atoms with E-state index >= 15 is 0 Å². The van der Waals surface area contributed by atoms with Crippen molar-refractivity contribution in [1.82, 2.24) is 19.6 Å². The molecule has 0 saturated heterocycles. The van der Waals surface area contributed by atoms with Crippen LogP contribution in [0.15, 0.2) is 11.2 Å². The summed E-state index contributed by atoms with van der Waals surface area (Å²) in [5.41, 5.74) is 0. The molecular formula is C10H20N4O3S. The summed E-state index contributed by atoms with van der Waals surface area (Å²) in [6.45, 7) is 4.54. The Kier molecular flexibility index (Phi) is 5.27. The van der Waals surface area contributed by atoms with Gasteiger partial charge in [-0.1, -0.05) is 0 Å². The van der Waals surface area contributed by atoms with E-state index in [4.69, 9.17) is 5.11 Å². The van der Waals surface area contributed by atoms with Crippen LogP contribution in [-0.4, -0.2) is 48.8 Å². The third-order valence-corrected chi connectivity index (χ3v) is 3.73. The quantitative estimate of drug-likeness (QED) is 0.554. The summed E-state index contributed by atoms with van der Waals surface area (Å²) in [6.07, 6.45) is 1.03. The van der Waals surface area contributed by atoms with Crippen molar-refractivity contribution in [2.24, 2.45) is 7.05 Å². The van der Waals surface area contributed by atoms with Crippen molar-refractivity contribution in [3.05, 3.63) is 12.0 Å². The summed E-state index contributed by atoms with van der Waals surface area (Å²) in [5, 5.41) is 12.0. The zero-order valence-corrected chi connectivity index (χ0v) is 11.7. The number of hydrogen-bond donors (Lipinski definition) is 3. The van der Waals surface area contributed by atoms with E-state index in [2.05, 4.69) is 15.0 Å². The molecule has 18 heavy (non-hydrogen) atoms. The molecule has 0 aliphatic carbocycles. The van der Waals surface area contributed by atoms with Crippen molar-refractivity contribution in [1.29, 1.82) is 0 Å². The van der Waals surface area contributed by atoms with Gasteiger partial charge in [-0.05, 0) is 13.8 Å².